The number of rotatable bonds is 15. The van der Waals surface area contributed by atoms with Crippen LogP contribution in [-0.4, -0.2) is 84.7 Å². The Morgan fingerprint density at radius 2 is 2.03 bits per heavy atom. The Kier molecular flexibility index (Phi) is 11.6. The zero-order chi connectivity index (χ0) is 26.6. The van der Waals surface area contributed by atoms with Crippen LogP contribution in [0.5, 0.6) is 0 Å². The van der Waals surface area contributed by atoms with E-state index in [9.17, 15) is 10.2 Å². The molecule has 2 atom stereocenters. The molecule has 1 aliphatic heterocycles. The van der Waals surface area contributed by atoms with Crippen molar-refractivity contribution >= 4 is 17.3 Å². The van der Waals surface area contributed by atoms with Crippen LogP contribution in [0, 0.1) is 0 Å². The van der Waals surface area contributed by atoms with Gasteiger partial charge in [0.05, 0.1) is 6.10 Å². The molecule has 0 fully saturated rings. The van der Waals surface area contributed by atoms with E-state index in [1.165, 1.54) is 12.0 Å². The van der Waals surface area contributed by atoms with E-state index < -0.39 is 12.3 Å². The second-order valence-electron chi connectivity index (χ2n) is 9.72. The van der Waals surface area contributed by atoms with Gasteiger partial charge in [0.2, 0.25) is 0 Å². The number of fused-ring (bicyclic) bond motifs is 1. The summed E-state index contributed by atoms with van der Waals surface area (Å²) >= 11 is 0. The number of methoxy groups -OCH3 is 1. The minimum Gasteiger partial charge on any atom is -0.388 e. The number of amidine groups is 1. The smallest absolute Gasteiger partial charge is 0.174 e. The number of aliphatic hydroxyl groups is 2. The van der Waals surface area contributed by atoms with Crippen LogP contribution in [0.2, 0.25) is 0 Å². The summed E-state index contributed by atoms with van der Waals surface area (Å²) in [5, 5.41) is 26.5. The topological polar surface area (TPSA) is 128 Å². The average molecular weight is 513 g/mol. The van der Waals surface area contributed by atoms with Crippen molar-refractivity contribution in [2.75, 3.05) is 51.0 Å². The van der Waals surface area contributed by atoms with Gasteiger partial charge in [0.25, 0.3) is 0 Å². The number of ether oxygens (including phenoxy) is 1. The SMILES string of the molecule is CNc1ccccc1C(N)=N[C@@H](CCN(CCCCc1ccc2c(n1)NCCC2)C[C@@H](C)OC)C(O)O. The largest absolute Gasteiger partial charge is 0.388 e. The highest BCUT2D eigenvalue weighted by Crippen LogP contribution is 2.20. The van der Waals surface area contributed by atoms with Crippen molar-refractivity contribution in [3.8, 4) is 0 Å². The van der Waals surface area contributed by atoms with Crippen LogP contribution in [-0.2, 0) is 17.6 Å². The van der Waals surface area contributed by atoms with Gasteiger partial charge in [-0.25, -0.2) is 4.98 Å². The average Bonchev–Trinajstić information content (AvgIpc) is 2.92. The number of anilines is 2. The summed E-state index contributed by atoms with van der Waals surface area (Å²) in [6.45, 7) is 5.33. The molecule has 0 saturated heterocycles. The number of aryl methyl sites for hydroxylation is 2. The molecule has 2 aromatic rings. The number of unbranched alkanes of at least 4 members (excludes halogenated alkanes) is 1. The molecule has 0 amide bonds. The van der Waals surface area contributed by atoms with Gasteiger partial charge in [-0.2, -0.15) is 0 Å². The van der Waals surface area contributed by atoms with E-state index in [0.717, 1.165) is 68.1 Å². The third-order valence-electron chi connectivity index (χ3n) is 6.89. The lowest BCUT2D eigenvalue weighted by Crippen LogP contribution is -2.37. The number of nitrogens with zero attached hydrogens (tertiary/aromatic N) is 3. The molecule has 1 aromatic heterocycles. The highest BCUT2D eigenvalue weighted by atomic mass is 16.5. The first-order valence-corrected chi connectivity index (χ1v) is 13.4. The summed E-state index contributed by atoms with van der Waals surface area (Å²) in [5.41, 5.74) is 10.3. The van der Waals surface area contributed by atoms with Gasteiger partial charge in [0.1, 0.15) is 17.7 Å². The van der Waals surface area contributed by atoms with Gasteiger partial charge in [-0.3, -0.25) is 4.99 Å². The molecule has 6 N–H and O–H groups in total. The van der Waals surface area contributed by atoms with E-state index >= 15 is 0 Å². The zero-order valence-electron chi connectivity index (χ0n) is 22.5. The van der Waals surface area contributed by atoms with Gasteiger partial charge in [0.15, 0.2) is 6.29 Å². The maximum Gasteiger partial charge on any atom is 0.174 e. The zero-order valence-corrected chi connectivity index (χ0v) is 22.5. The molecule has 2 heterocycles. The van der Waals surface area contributed by atoms with E-state index in [0.29, 0.717) is 13.0 Å². The minimum absolute atomic E-state index is 0.0713. The van der Waals surface area contributed by atoms with Crippen molar-refractivity contribution in [1.82, 2.24) is 9.88 Å². The lowest BCUT2D eigenvalue weighted by molar-refractivity contribution is -0.0607. The second-order valence-corrected chi connectivity index (χ2v) is 9.72. The second kappa shape index (κ2) is 14.9. The van der Waals surface area contributed by atoms with E-state index in [-0.39, 0.29) is 11.9 Å². The number of aromatic nitrogens is 1. The van der Waals surface area contributed by atoms with Crippen LogP contribution in [0.1, 0.15) is 49.4 Å². The molecule has 37 heavy (non-hydrogen) atoms. The van der Waals surface area contributed by atoms with Crippen molar-refractivity contribution in [3.05, 3.63) is 53.2 Å². The number of nitrogens with one attached hydrogen (secondary N) is 2. The molecule has 204 valence electrons. The van der Waals surface area contributed by atoms with Gasteiger partial charge in [-0.15, -0.1) is 0 Å². The summed E-state index contributed by atoms with van der Waals surface area (Å²) in [6.07, 6.45) is 4.19. The molecule has 0 bridgehead atoms. The maximum atomic E-state index is 10.0. The third kappa shape index (κ3) is 8.96. The van der Waals surface area contributed by atoms with Crippen LogP contribution in [0.4, 0.5) is 11.5 Å². The highest BCUT2D eigenvalue weighted by molar-refractivity contribution is 6.02. The summed E-state index contributed by atoms with van der Waals surface area (Å²) in [7, 11) is 3.53. The maximum absolute atomic E-state index is 10.0. The molecule has 0 saturated carbocycles. The van der Waals surface area contributed by atoms with Gasteiger partial charge in [-0.1, -0.05) is 18.2 Å². The Balaban J connectivity index is 1.56. The number of aliphatic imine (C=N–C) groups is 1. The molecular weight excluding hydrogens is 468 g/mol. The molecule has 9 nitrogen and oxygen atoms in total. The molecule has 9 heteroatoms. The Bertz CT molecular complexity index is 1000. The predicted molar refractivity (Wildman–Crippen MR) is 150 cm³/mol. The van der Waals surface area contributed by atoms with Crippen molar-refractivity contribution in [2.24, 2.45) is 10.7 Å². The number of aliphatic hydroxyl groups excluding tert-OH is 1. The van der Waals surface area contributed by atoms with E-state index in [2.05, 4.69) is 32.7 Å². The molecule has 0 spiro atoms. The van der Waals surface area contributed by atoms with E-state index in [1.54, 1.807) is 7.11 Å². The quantitative estimate of drug-likeness (QED) is 0.107. The third-order valence-corrected chi connectivity index (χ3v) is 6.89. The van der Waals surface area contributed by atoms with Crippen LogP contribution in [0.15, 0.2) is 41.4 Å². The first-order chi connectivity index (χ1) is 17.9. The van der Waals surface area contributed by atoms with Crippen LogP contribution < -0.4 is 16.4 Å². The number of nitrogens with two attached hydrogens (primary N) is 1. The van der Waals surface area contributed by atoms with Crippen molar-refractivity contribution in [2.45, 2.75) is 63.9 Å². The Labute approximate surface area is 221 Å². The van der Waals surface area contributed by atoms with Crippen molar-refractivity contribution in [3.63, 3.8) is 0 Å². The van der Waals surface area contributed by atoms with Gasteiger partial charge < -0.3 is 36.2 Å². The number of hydrogen-bond donors (Lipinski definition) is 5. The fourth-order valence-corrected chi connectivity index (χ4v) is 4.65. The fourth-order valence-electron chi connectivity index (χ4n) is 4.65. The van der Waals surface area contributed by atoms with Crippen LogP contribution in [0.25, 0.3) is 0 Å². The van der Waals surface area contributed by atoms with E-state index in [4.69, 9.17) is 15.5 Å². The molecule has 1 aliphatic rings. The first-order valence-electron chi connectivity index (χ1n) is 13.4. The number of hydrogen-bond acceptors (Lipinski definition) is 8. The van der Waals surface area contributed by atoms with Crippen LogP contribution in [0.3, 0.4) is 0 Å². The summed E-state index contributed by atoms with van der Waals surface area (Å²) in [4.78, 5) is 11.6. The number of pyridine rings is 1. The molecule has 1 aromatic carbocycles. The first kappa shape index (κ1) is 28.8. The van der Waals surface area contributed by atoms with Gasteiger partial charge in [-0.05, 0) is 75.8 Å². The summed E-state index contributed by atoms with van der Waals surface area (Å²) in [6, 6.07) is 11.2. The summed E-state index contributed by atoms with van der Waals surface area (Å²) < 4.78 is 5.50. The van der Waals surface area contributed by atoms with Crippen LogP contribution >= 0.6 is 0 Å². The highest BCUT2D eigenvalue weighted by Gasteiger charge is 2.20. The summed E-state index contributed by atoms with van der Waals surface area (Å²) in [5.74, 6) is 1.33. The van der Waals surface area contributed by atoms with Gasteiger partial charge in [0, 0.05) is 50.7 Å². The molecule has 3 rings (SSSR count). The lowest BCUT2D eigenvalue weighted by Gasteiger charge is -2.27. The van der Waals surface area contributed by atoms with Gasteiger partial charge >= 0.3 is 0 Å². The molecular formula is C28H44N6O3. The van der Waals surface area contributed by atoms with Crippen molar-refractivity contribution < 1.29 is 14.9 Å². The standard InChI is InChI=1S/C28H44N6O3/c1-20(37-3)19-34(17-7-6-10-22-14-13-21-9-8-16-31-27(21)32-22)18-15-25(28(35)36)33-26(29)23-11-4-5-12-24(23)30-2/h4-5,11-14,20,25,28,30,35-36H,6-10,15-19H2,1-3H3,(H2,29,33)(H,31,32)/t20-,25+/m1/s1. The Hall–Kier alpha value is -2.72. The number of para-hydroxylation sites is 1. The predicted octanol–water partition coefficient (Wildman–Crippen LogP) is 2.62. The minimum atomic E-state index is -1.59. The Morgan fingerprint density at radius 3 is 2.78 bits per heavy atom. The Morgan fingerprint density at radius 1 is 1.22 bits per heavy atom. The molecule has 0 aliphatic carbocycles. The lowest BCUT2D eigenvalue weighted by atomic mass is 10.1. The number of benzene rings is 1. The van der Waals surface area contributed by atoms with Crippen molar-refractivity contribution in [1.29, 1.82) is 0 Å². The molecule has 0 unspecified atom stereocenters. The fraction of sp³-hybridized carbons (Fsp3) is 0.571. The molecule has 0 radical (unpaired) electrons. The van der Waals surface area contributed by atoms with E-state index in [1.807, 2.05) is 38.2 Å². The monoisotopic (exact) mass is 512 g/mol. The normalized spacial score (nSPS) is 15.4.